The summed E-state index contributed by atoms with van der Waals surface area (Å²) >= 11 is 0. The molecule has 3 heteroatoms. The first-order chi connectivity index (χ1) is 15.3. The van der Waals surface area contributed by atoms with E-state index in [4.69, 9.17) is 0 Å². The zero-order valence-corrected chi connectivity index (χ0v) is 18.9. The molecule has 4 aromatic rings. The van der Waals surface area contributed by atoms with Gasteiger partial charge in [-0.15, -0.1) is 0 Å². The van der Waals surface area contributed by atoms with E-state index in [1.807, 2.05) is 18.2 Å². The van der Waals surface area contributed by atoms with Gasteiger partial charge in [-0.25, -0.2) is 8.78 Å². The third-order valence-corrected chi connectivity index (χ3v) is 5.81. The number of rotatable bonds is 5. The molecule has 0 atom stereocenters. The molecule has 0 spiro atoms. The van der Waals surface area contributed by atoms with Crippen molar-refractivity contribution in [1.82, 2.24) is 4.98 Å². The number of nitrogens with zero attached hydrogens (tertiary/aromatic N) is 1. The summed E-state index contributed by atoms with van der Waals surface area (Å²) in [6, 6.07) is 22.4. The zero-order valence-electron chi connectivity index (χ0n) is 18.9. The van der Waals surface area contributed by atoms with Crippen molar-refractivity contribution in [1.29, 1.82) is 0 Å². The molecule has 162 valence electrons. The first-order valence-corrected chi connectivity index (χ1v) is 11.0. The molecule has 0 saturated carbocycles. The Morgan fingerprint density at radius 1 is 0.656 bits per heavy atom. The van der Waals surface area contributed by atoms with Crippen LogP contribution in [-0.2, 0) is 0 Å². The van der Waals surface area contributed by atoms with E-state index in [1.165, 1.54) is 39.9 Å². The molecule has 1 heterocycles. The summed E-state index contributed by atoms with van der Waals surface area (Å²) in [6.45, 7) is 8.78. The van der Waals surface area contributed by atoms with Crippen LogP contribution in [0.15, 0.2) is 79.0 Å². The molecule has 4 rings (SSSR count). The third kappa shape index (κ3) is 4.34. The van der Waals surface area contributed by atoms with E-state index in [2.05, 4.69) is 69.1 Å². The highest BCUT2D eigenvalue weighted by atomic mass is 19.1. The summed E-state index contributed by atoms with van der Waals surface area (Å²) in [6.07, 6.45) is 1.70. The molecular weight excluding hydrogens is 400 g/mol. The number of halogens is 2. The standard InChI is InChI=1S/C29H27F2N/c1-18(2)25-14-22(20-8-6-5-7-9-20)15-26(19(3)4)29(25)21-12-13-32-28(16-21)24-11-10-23(30)17-27(24)31/h5-19H,1-4H3. The van der Waals surface area contributed by atoms with E-state index in [0.29, 0.717) is 23.1 Å². The van der Waals surface area contributed by atoms with E-state index in [1.54, 1.807) is 6.20 Å². The number of hydrogen-bond acceptors (Lipinski definition) is 1. The van der Waals surface area contributed by atoms with Gasteiger partial charge in [0.05, 0.1) is 5.69 Å². The highest BCUT2D eigenvalue weighted by Crippen LogP contribution is 2.40. The molecule has 0 aliphatic heterocycles. The second kappa shape index (κ2) is 9.04. The van der Waals surface area contributed by atoms with Crippen LogP contribution in [0.4, 0.5) is 8.78 Å². The molecule has 3 aromatic carbocycles. The highest BCUT2D eigenvalue weighted by molar-refractivity contribution is 5.80. The molecule has 0 radical (unpaired) electrons. The fourth-order valence-electron chi connectivity index (χ4n) is 4.16. The zero-order chi connectivity index (χ0) is 22.8. The Balaban J connectivity index is 1.93. The van der Waals surface area contributed by atoms with Crippen molar-refractivity contribution >= 4 is 0 Å². The van der Waals surface area contributed by atoms with Crippen LogP contribution in [0, 0.1) is 11.6 Å². The van der Waals surface area contributed by atoms with E-state index in [9.17, 15) is 8.78 Å². The minimum atomic E-state index is -0.609. The van der Waals surface area contributed by atoms with Crippen molar-refractivity contribution < 1.29 is 8.78 Å². The van der Waals surface area contributed by atoms with Crippen molar-refractivity contribution in [2.45, 2.75) is 39.5 Å². The first-order valence-electron chi connectivity index (χ1n) is 11.0. The topological polar surface area (TPSA) is 12.9 Å². The summed E-state index contributed by atoms with van der Waals surface area (Å²) < 4.78 is 27.9. The van der Waals surface area contributed by atoms with Gasteiger partial charge in [-0.1, -0.05) is 70.2 Å². The van der Waals surface area contributed by atoms with Gasteiger partial charge in [-0.3, -0.25) is 4.98 Å². The Labute approximate surface area is 188 Å². The maximum absolute atomic E-state index is 14.4. The Hall–Kier alpha value is -3.33. The van der Waals surface area contributed by atoms with E-state index in [-0.39, 0.29) is 0 Å². The largest absolute Gasteiger partial charge is 0.256 e. The Morgan fingerprint density at radius 3 is 1.91 bits per heavy atom. The Kier molecular flexibility index (Phi) is 6.18. The smallest absolute Gasteiger partial charge is 0.135 e. The van der Waals surface area contributed by atoms with Crippen LogP contribution in [-0.4, -0.2) is 4.98 Å². The molecule has 1 aromatic heterocycles. The molecule has 0 aliphatic rings. The molecule has 0 amide bonds. The van der Waals surface area contributed by atoms with Crippen molar-refractivity contribution in [2.75, 3.05) is 0 Å². The van der Waals surface area contributed by atoms with Crippen molar-refractivity contribution in [2.24, 2.45) is 0 Å². The fourth-order valence-corrected chi connectivity index (χ4v) is 4.16. The molecular formula is C29H27F2N. The van der Waals surface area contributed by atoms with Crippen LogP contribution in [0.1, 0.15) is 50.7 Å². The molecule has 0 aliphatic carbocycles. The van der Waals surface area contributed by atoms with Crippen molar-refractivity contribution in [3.05, 3.63) is 102 Å². The average Bonchev–Trinajstić information content (AvgIpc) is 2.78. The maximum Gasteiger partial charge on any atom is 0.135 e. The average molecular weight is 428 g/mol. The van der Waals surface area contributed by atoms with E-state index in [0.717, 1.165) is 11.6 Å². The molecule has 0 saturated heterocycles. The van der Waals surface area contributed by atoms with E-state index >= 15 is 0 Å². The quantitative estimate of drug-likeness (QED) is 0.311. The van der Waals surface area contributed by atoms with Gasteiger partial charge in [0.25, 0.3) is 0 Å². The second-order valence-electron chi connectivity index (χ2n) is 8.76. The third-order valence-electron chi connectivity index (χ3n) is 5.81. The lowest BCUT2D eigenvalue weighted by atomic mass is 9.82. The Bertz CT molecular complexity index is 1210. The number of benzene rings is 3. The van der Waals surface area contributed by atoms with Crippen molar-refractivity contribution in [3.63, 3.8) is 0 Å². The highest BCUT2D eigenvalue weighted by Gasteiger charge is 2.19. The van der Waals surface area contributed by atoms with Crippen molar-refractivity contribution in [3.8, 4) is 33.5 Å². The Morgan fingerprint density at radius 2 is 1.31 bits per heavy atom. The predicted molar refractivity (Wildman–Crippen MR) is 129 cm³/mol. The van der Waals surface area contributed by atoms with Gasteiger partial charge >= 0.3 is 0 Å². The predicted octanol–water partition coefficient (Wildman–Crippen LogP) is 8.61. The minimum Gasteiger partial charge on any atom is -0.256 e. The first kappa shape index (κ1) is 21.9. The lowest BCUT2D eigenvalue weighted by Crippen LogP contribution is -2.02. The normalized spacial score (nSPS) is 11.4. The number of hydrogen-bond donors (Lipinski definition) is 0. The van der Waals surface area contributed by atoms with Gasteiger partial charge in [0.2, 0.25) is 0 Å². The monoisotopic (exact) mass is 427 g/mol. The molecule has 0 bridgehead atoms. The maximum atomic E-state index is 14.4. The molecule has 1 nitrogen and oxygen atoms in total. The summed E-state index contributed by atoms with van der Waals surface area (Å²) in [5.74, 6) is -0.610. The van der Waals surface area contributed by atoms with Gasteiger partial charge in [0, 0.05) is 17.8 Å². The van der Waals surface area contributed by atoms with E-state index < -0.39 is 11.6 Å². The number of pyridine rings is 1. The van der Waals surface area contributed by atoms with Crippen LogP contribution >= 0.6 is 0 Å². The lowest BCUT2D eigenvalue weighted by molar-refractivity contribution is 0.585. The lowest BCUT2D eigenvalue weighted by Gasteiger charge is -2.22. The fraction of sp³-hybridized carbons (Fsp3) is 0.207. The van der Waals surface area contributed by atoms with Gasteiger partial charge in [-0.2, -0.15) is 0 Å². The number of aromatic nitrogens is 1. The van der Waals surface area contributed by atoms with Crippen LogP contribution in [0.2, 0.25) is 0 Å². The molecule has 0 fully saturated rings. The van der Waals surface area contributed by atoms with Gasteiger partial charge in [-0.05, 0) is 69.5 Å². The summed E-state index contributed by atoms with van der Waals surface area (Å²) in [5, 5.41) is 0. The van der Waals surface area contributed by atoms with Crippen LogP contribution in [0.5, 0.6) is 0 Å². The minimum absolute atomic E-state index is 0.297. The van der Waals surface area contributed by atoms with Crippen LogP contribution in [0.3, 0.4) is 0 Å². The van der Waals surface area contributed by atoms with Gasteiger partial charge in [0.15, 0.2) is 0 Å². The molecule has 32 heavy (non-hydrogen) atoms. The summed E-state index contributed by atoms with van der Waals surface area (Å²) in [7, 11) is 0. The summed E-state index contributed by atoms with van der Waals surface area (Å²) in [4.78, 5) is 4.38. The van der Waals surface area contributed by atoms with Gasteiger partial charge < -0.3 is 0 Å². The molecule has 0 unspecified atom stereocenters. The van der Waals surface area contributed by atoms with Crippen LogP contribution < -0.4 is 0 Å². The van der Waals surface area contributed by atoms with Gasteiger partial charge in [0.1, 0.15) is 11.6 Å². The summed E-state index contributed by atoms with van der Waals surface area (Å²) in [5.41, 5.74) is 7.82. The molecule has 0 N–H and O–H groups in total. The second-order valence-corrected chi connectivity index (χ2v) is 8.76. The van der Waals surface area contributed by atoms with Crippen LogP contribution in [0.25, 0.3) is 33.5 Å². The SMILES string of the molecule is CC(C)c1cc(-c2ccccc2)cc(C(C)C)c1-c1ccnc(-c2ccc(F)cc2F)c1.